The van der Waals surface area contributed by atoms with E-state index in [1.54, 1.807) is 4.90 Å². The molecule has 2 amide bonds. The molecule has 37 heavy (non-hydrogen) atoms. The quantitative estimate of drug-likeness (QED) is 0.327. The van der Waals surface area contributed by atoms with Gasteiger partial charge in [-0.2, -0.15) is 0 Å². The molecule has 1 unspecified atom stereocenters. The van der Waals surface area contributed by atoms with Gasteiger partial charge in [0.1, 0.15) is 6.04 Å². The Morgan fingerprint density at radius 1 is 0.892 bits per heavy atom. The molecule has 1 aliphatic carbocycles. The van der Waals surface area contributed by atoms with Gasteiger partial charge in [-0.05, 0) is 55.0 Å². The third-order valence-electron chi connectivity index (χ3n) is 7.21. The average Bonchev–Trinajstić information content (AvgIpc) is 2.91. The molecule has 0 bridgehead atoms. The van der Waals surface area contributed by atoms with Crippen LogP contribution in [0.4, 0.5) is 0 Å². The smallest absolute Gasteiger partial charge is 0.243 e. The number of nitrogens with zero attached hydrogens (tertiary/aromatic N) is 1. The zero-order chi connectivity index (χ0) is 26.0. The Kier molecular flexibility index (Phi) is 9.78. The molecule has 0 aliphatic heterocycles. The van der Waals surface area contributed by atoms with Crippen molar-refractivity contribution < 1.29 is 9.59 Å². The first kappa shape index (κ1) is 26.9. The molecular formula is C32H37ClN2O2. The van der Waals surface area contributed by atoms with Crippen molar-refractivity contribution in [3.05, 3.63) is 106 Å². The number of halogens is 1. The van der Waals surface area contributed by atoms with Crippen molar-refractivity contribution >= 4 is 23.4 Å². The second-order valence-electron chi connectivity index (χ2n) is 10.2. The van der Waals surface area contributed by atoms with E-state index in [1.165, 1.54) is 12.0 Å². The minimum atomic E-state index is -0.603. The van der Waals surface area contributed by atoms with Crippen LogP contribution in [0.5, 0.6) is 0 Å². The van der Waals surface area contributed by atoms with Gasteiger partial charge in [-0.15, -0.1) is 0 Å². The molecule has 0 radical (unpaired) electrons. The summed E-state index contributed by atoms with van der Waals surface area (Å²) < 4.78 is 0. The van der Waals surface area contributed by atoms with Gasteiger partial charge in [-0.3, -0.25) is 9.59 Å². The standard InChI is InChI=1S/C32H37ClN2O2/c1-24-15-17-25(18-16-24)19-20-31(36)35(23-27-11-8-12-28(33)21-27)30(22-26-9-4-2-5-10-26)32(37)34-29-13-6-3-7-14-29/h2,4-5,8-12,15-18,21,29-30H,3,6-7,13-14,19-20,22-23H2,1H3,(H,34,37). The Labute approximate surface area is 226 Å². The second kappa shape index (κ2) is 13.4. The lowest BCUT2D eigenvalue weighted by molar-refractivity contribution is -0.141. The summed E-state index contributed by atoms with van der Waals surface area (Å²) >= 11 is 6.28. The summed E-state index contributed by atoms with van der Waals surface area (Å²) in [6.45, 7) is 2.39. The van der Waals surface area contributed by atoms with E-state index in [2.05, 4.69) is 36.5 Å². The maximum absolute atomic E-state index is 13.8. The molecule has 1 aliphatic rings. The van der Waals surface area contributed by atoms with Gasteiger partial charge in [0, 0.05) is 30.5 Å². The van der Waals surface area contributed by atoms with Gasteiger partial charge in [0.05, 0.1) is 0 Å². The highest BCUT2D eigenvalue weighted by Gasteiger charge is 2.31. The summed E-state index contributed by atoms with van der Waals surface area (Å²) in [7, 11) is 0. The summed E-state index contributed by atoms with van der Waals surface area (Å²) in [5.41, 5.74) is 4.27. The molecule has 194 valence electrons. The summed E-state index contributed by atoms with van der Waals surface area (Å²) in [5.74, 6) is -0.0956. The van der Waals surface area contributed by atoms with Crippen LogP contribution in [0.25, 0.3) is 0 Å². The highest BCUT2D eigenvalue weighted by Crippen LogP contribution is 2.21. The molecule has 5 heteroatoms. The fourth-order valence-electron chi connectivity index (χ4n) is 5.08. The summed E-state index contributed by atoms with van der Waals surface area (Å²) in [6, 6.07) is 25.4. The van der Waals surface area contributed by atoms with E-state index in [1.807, 2.05) is 54.6 Å². The monoisotopic (exact) mass is 516 g/mol. The number of carbonyl (C=O) groups excluding carboxylic acids is 2. The largest absolute Gasteiger partial charge is 0.352 e. The van der Waals surface area contributed by atoms with Gasteiger partial charge in [-0.1, -0.05) is 103 Å². The zero-order valence-electron chi connectivity index (χ0n) is 21.7. The Hall–Kier alpha value is -3.11. The Bertz CT molecular complexity index is 1160. The van der Waals surface area contributed by atoms with E-state index in [0.717, 1.165) is 42.4 Å². The Morgan fingerprint density at radius 2 is 1.59 bits per heavy atom. The van der Waals surface area contributed by atoms with Crippen molar-refractivity contribution in [1.29, 1.82) is 0 Å². The minimum Gasteiger partial charge on any atom is -0.352 e. The molecule has 0 aromatic heterocycles. The van der Waals surface area contributed by atoms with Gasteiger partial charge in [0.2, 0.25) is 11.8 Å². The number of nitrogens with one attached hydrogen (secondary N) is 1. The summed E-state index contributed by atoms with van der Waals surface area (Å²) in [5, 5.41) is 3.91. The highest BCUT2D eigenvalue weighted by molar-refractivity contribution is 6.30. The summed E-state index contributed by atoms with van der Waals surface area (Å²) in [6.07, 6.45) is 6.93. The first-order valence-electron chi connectivity index (χ1n) is 13.4. The van der Waals surface area contributed by atoms with E-state index in [-0.39, 0.29) is 17.9 Å². The van der Waals surface area contributed by atoms with Crippen LogP contribution in [0.2, 0.25) is 5.02 Å². The van der Waals surface area contributed by atoms with Gasteiger partial charge < -0.3 is 10.2 Å². The van der Waals surface area contributed by atoms with Crippen molar-refractivity contribution in [2.24, 2.45) is 0 Å². The lowest BCUT2D eigenvalue weighted by Gasteiger charge is -2.33. The molecule has 0 saturated heterocycles. The maximum atomic E-state index is 13.8. The number of benzene rings is 3. The van der Waals surface area contributed by atoms with E-state index in [0.29, 0.717) is 30.8 Å². The first-order chi connectivity index (χ1) is 18.0. The van der Waals surface area contributed by atoms with E-state index in [9.17, 15) is 9.59 Å². The van der Waals surface area contributed by atoms with Gasteiger partial charge in [0.25, 0.3) is 0 Å². The predicted octanol–water partition coefficient (Wildman–Crippen LogP) is 6.67. The lowest BCUT2D eigenvalue weighted by Crippen LogP contribution is -2.52. The topological polar surface area (TPSA) is 49.4 Å². The van der Waals surface area contributed by atoms with Crippen molar-refractivity contribution in [2.75, 3.05) is 0 Å². The van der Waals surface area contributed by atoms with Crippen molar-refractivity contribution in [1.82, 2.24) is 10.2 Å². The van der Waals surface area contributed by atoms with Crippen LogP contribution in [0.15, 0.2) is 78.9 Å². The Balaban J connectivity index is 1.60. The molecule has 0 spiro atoms. The third-order valence-corrected chi connectivity index (χ3v) is 7.45. The maximum Gasteiger partial charge on any atom is 0.243 e. The SMILES string of the molecule is Cc1ccc(CCC(=O)N(Cc2cccc(Cl)c2)C(Cc2ccccc2)C(=O)NC2CCCCC2)cc1. The fourth-order valence-corrected chi connectivity index (χ4v) is 5.29. The van der Waals surface area contributed by atoms with Crippen LogP contribution in [0.3, 0.4) is 0 Å². The molecule has 3 aromatic carbocycles. The van der Waals surface area contributed by atoms with Crippen molar-refractivity contribution in [3.8, 4) is 0 Å². The van der Waals surface area contributed by atoms with Crippen LogP contribution in [-0.4, -0.2) is 28.8 Å². The number of hydrogen-bond donors (Lipinski definition) is 1. The minimum absolute atomic E-state index is 0.0275. The van der Waals surface area contributed by atoms with Gasteiger partial charge in [-0.25, -0.2) is 0 Å². The molecule has 4 nitrogen and oxygen atoms in total. The van der Waals surface area contributed by atoms with Crippen molar-refractivity contribution in [2.45, 2.75) is 76.9 Å². The van der Waals surface area contributed by atoms with Crippen molar-refractivity contribution in [3.63, 3.8) is 0 Å². The lowest BCUT2D eigenvalue weighted by atomic mass is 9.94. The molecule has 1 N–H and O–H groups in total. The summed E-state index contributed by atoms with van der Waals surface area (Å²) in [4.78, 5) is 29.4. The number of carbonyl (C=O) groups is 2. The molecule has 4 rings (SSSR count). The number of amides is 2. The molecule has 1 fully saturated rings. The molecule has 0 heterocycles. The van der Waals surface area contributed by atoms with Gasteiger partial charge >= 0.3 is 0 Å². The van der Waals surface area contributed by atoms with Crippen LogP contribution < -0.4 is 5.32 Å². The van der Waals surface area contributed by atoms with Crippen LogP contribution in [0, 0.1) is 6.92 Å². The number of rotatable bonds is 10. The first-order valence-corrected chi connectivity index (χ1v) is 13.8. The second-order valence-corrected chi connectivity index (χ2v) is 10.6. The van der Waals surface area contributed by atoms with Crippen LogP contribution in [-0.2, 0) is 29.0 Å². The van der Waals surface area contributed by atoms with E-state index in [4.69, 9.17) is 11.6 Å². The van der Waals surface area contributed by atoms with E-state index < -0.39 is 6.04 Å². The predicted molar refractivity (Wildman–Crippen MR) is 150 cm³/mol. The molecule has 1 saturated carbocycles. The molecule has 1 atom stereocenters. The number of aryl methyl sites for hydroxylation is 2. The normalized spacial score (nSPS) is 14.6. The highest BCUT2D eigenvalue weighted by atomic mass is 35.5. The number of hydrogen-bond acceptors (Lipinski definition) is 2. The zero-order valence-corrected chi connectivity index (χ0v) is 22.4. The van der Waals surface area contributed by atoms with E-state index >= 15 is 0 Å². The fraction of sp³-hybridized carbons (Fsp3) is 0.375. The third kappa shape index (κ3) is 8.19. The average molecular weight is 517 g/mol. The van der Waals surface area contributed by atoms with Gasteiger partial charge in [0.15, 0.2) is 0 Å². The van der Waals surface area contributed by atoms with Crippen LogP contribution in [0.1, 0.15) is 60.8 Å². The molecule has 3 aromatic rings. The molecular weight excluding hydrogens is 480 g/mol. The Morgan fingerprint density at radius 3 is 2.30 bits per heavy atom. The van der Waals surface area contributed by atoms with Crippen LogP contribution >= 0.6 is 11.6 Å².